The Kier molecular flexibility index (Phi) is 5.55. The van der Waals surface area contributed by atoms with Crippen LogP contribution in [0.1, 0.15) is 18.4 Å². The lowest BCUT2D eigenvalue weighted by atomic mass is 10.2. The molecular formula is C18H18BrN5O. The zero-order valence-corrected chi connectivity index (χ0v) is 15.4. The number of carbonyl (C=O) groups excluding carboxylic acids is 1. The second kappa shape index (κ2) is 8.02. The van der Waals surface area contributed by atoms with Crippen LogP contribution in [0.15, 0.2) is 53.0 Å². The number of hydrogen-bond donors (Lipinski definition) is 1. The third-order valence-corrected chi connectivity index (χ3v) is 4.30. The van der Waals surface area contributed by atoms with E-state index in [0.29, 0.717) is 25.2 Å². The smallest absolute Gasteiger partial charge is 0.224 e. The van der Waals surface area contributed by atoms with Gasteiger partial charge >= 0.3 is 0 Å². The van der Waals surface area contributed by atoms with Crippen molar-refractivity contribution in [1.29, 1.82) is 0 Å². The average molecular weight is 400 g/mol. The maximum absolute atomic E-state index is 12.1. The van der Waals surface area contributed by atoms with Crippen molar-refractivity contribution < 1.29 is 4.79 Å². The van der Waals surface area contributed by atoms with Gasteiger partial charge in [-0.25, -0.2) is 0 Å². The Balaban J connectivity index is 1.49. The first-order chi connectivity index (χ1) is 12.1. The van der Waals surface area contributed by atoms with E-state index < -0.39 is 0 Å². The van der Waals surface area contributed by atoms with Crippen molar-refractivity contribution in [3.05, 3.63) is 58.6 Å². The van der Waals surface area contributed by atoms with Crippen LogP contribution in [0.3, 0.4) is 0 Å². The van der Waals surface area contributed by atoms with Gasteiger partial charge < -0.3 is 5.32 Å². The maximum Gasteiger partial charge on any atom is 0.224 e. The molecule has 0 aliphatic heterocycles. The number of nitrogens with one attached hydrogen (secondary N) is 1. The number of aromatic nitrogens is 4. The summed E-state index contributed by atoms with van der Waals surface area (Å²) in [7, 11) is 0. The fraction of sp³-hybridized carbons (Fsp3) is 0.222. The molecule has 0 spiro atoms. The maximum atomic E-state index is 12.1. The molecule has 6 nitrogen and oxygen atoms in total. The van der Waals surface area contributed by atoms with Crippen LogP contribution in [-0.4, -0.2) is 26.1 Å². The van der Waals surface area contributed by atoms with E-state index in [1.165, 1.54) is 4.80 Å². The highest BCUT2D eigenvalue weighted by atomic mass is 79.9. The van der Waals surface area contributed by atoms with E-state index in [0.717, 1.165) is 21.3 Å². The van der Waals surface area contributed by atoms with Crippen molar-refractivity contribution in [3.8, 4) is 11.4 Å². The number of tetrazole rings is 1. The molecular weight excluding hydrogens is 382 g/mol. The topological polar surface area (TPSA) is 72.7 Å². The molecule has 3 rings (SSSR count). The molecule has 0 atom stereocenters. The molecule has 25 heavy (non-hydrogen) atoms. The monoisotopic (exact) mass is 399 g/mol. The van der Waals surface area contributed by atoms with Gasteiger partial charge in [0.2, 0.25) is 11.7 Å². The number of carbonyl (C=O) groups is 1. The molecule has 0 aliphatic carbocycles. The van der Waals surface area contributed by atoms with Crippen molar-refractivity contribution in [2.24, 2.45) is 0 Å². The highest BCUT2D eigenvalue weighted by molar-refractivity contribution is 9.10. The fourth-order valence-electron chi connectivity index (χ4n) is 2.36. The largest absolute Gasteiger partial charge is 0.325 e. The number of benzene rings is 2. The van der Waals surface area contributed by atoms with Crippen LogP contribution in [-0.2, 0) is 11.3 Å². The predicted octanol–water partition coefficient (Wildman–Crippen LogP) is 3.83. The molecule has 0 fully saturated rings. The zero-order chi connectivity index (χ0) is 17.6. The normalized spacial score (nSPS) is 10.6. The molecule has 0 unspecified atom stereocenters. The van der Waals surface area contributed by atoms with E-state index in [1.54, 1.807) is 0 Å². The molecule has 1 aromatic heterocycles. The minimum absolute atomic E-state index is 0.0343. The van der Waals surface area contributed by atoms with Crippen molar-refractivity contribution >= 4 is 27.5 Å². The van der Waals surface area contributed by atoms with Crippen LogP contribution >= 0.6 is 15.9 Å². The zero-order valence-electron chi connectivity index (χ0n) is 13.8. The lowest BCUT2D eigenvalue weighted by Gasteiger charge is -2.07. The molecule has 0 aliphatic rings. The van der Waals surface area contributed by atoms with Crippen LogP contribution in [0.2, 0.25) is 0 Å². The van der Waals surface area contributed by atoms with Crippen LogP contribution in [0.25, 0.3) is 11.4 Å². The summed E-state index contributed by atoms with van der Waals surface area (Å²) in [5.74, 6) is 0.557. The van der Waals surface area contributed by atoms with Gasteiger partial charge in [-0.1, -0.05) is 36.4 Å². The molecule has 1 amide bonds. The van der Waals surface area contributed by atoms with Crippen LogP contribution in [0.4, 0.5) is 5.69 Å². The third kappa shape index (κ3) is 4.73. The lowest BCUT2D eigenvalue weighted by Crippen LogP contribution is -2.13. The summed E-state index contributed by atoms with van der Waals surface area (Å²) >= 11 is 3.46. The highest BCUT2D eigenvalue weighted by Crippen LogP contribution is 2.23. The van der Waals surface area contributed by atoms with Gasteiger partial charge in [0.25, 0.3) is 0 Å². The Morgan fingerprint density at radius 1 is 1.20 bits per heavy atom. The number of anilines is 1. The van der Waals surface area contributed by atoms with E-state index in [2.05, 4.69) is 36.7 Å². The molecule has 0 bridgehead atoms. The lowest BCUT2D eigenvalue weighted by molar-refractivity contribution is -0.116. The van der Waals surface area contributed by atoms with Crippen molar-refractivity contribution in [2.45, 2.75) is 26.3 Å². The standard InChI is InChI=1S/C18H18BrN5O/c1-13-9-10-16(15(19)12-13)20-17(25)8-5-11-24-22-18(21-23-24)14-6-3-2-4-7-14/h2-4,6-7,9-10,12H,5,8,11H2,1H3,(H,20,25). The first-order valence-corrected chi connectivity index (χ1v) is 8.80. The van der Waals surface area contributed by atoms with Gasteiger partial charge in [-0.2, -0.15) is 4.80 Å². The summed E-state index contributed by atoms with van der Waals surface area (Å²) in [4.78, 5) is 13.6. The Labute approximate surface area is 154 Å². The van der Waals surface area contributed by atoms with Crippen LogP contribution in [0.5, 0.6) is 0 Å². The highest BCUT2D eigenvalue weighted by Gasteiger charge is 2.08. The summed E-state index contributed by atoms with van der Waals surface area (Å²) in [5.41, 5.74) is 2.84. The van der Waals surface area contributed by atoms with Crippen molar-refractivity contribution in [2.75, 3.05) is 5.32 Å². The minimum Gasteiger partial charge on any atom is -0.325 e. The molecule has 2 aromatic carbocycles. The summed E-state index contributed by atoms with van der Waals surface area (Å²) in [6, 6.07) is 15.5. The minimum atomic E-state index is -0.0343. The molecule has 3 aromatic rings. The molecule has 7 heteroatoms. The van der Waals surface area contributed by atoms with Gasteiger partial charge in [0, 0.05) is 16.5 Å². The van der Waals surface area contributed by atoms with Gasteiger partial charge in [-0.15, -0.1) is 10.2 Å². The van der Waals surface area contributed by atoms with Crippen molar-refractivity contribution in [1.82, 2.24) is 20.2 Å². The number of rotatable bonds is 6. The van der Waals surface area contributed by atoms with E-state index in [4.69, 9.17) is 0 Å². The quantitative estimate of drug-likeness (QED) is 0.683. The van der Waals surface area contributed by atoms with Gasteiger partial charge in [-0.3, -0.25) is 4.79 Å². The Morgan fingerprint density at radius 3 is 2.76 bits per heavy atom. The first-order valence-electron chi connectivity index (χ1n) is 8.01. The molecule has 0 saturated heterocycles. The summed E-state index contributed by atoms with van der Waals surface area (Å²) in [6.45, 7) is 2.55. The molecule has 0 radical (unpaired) electrons. The van der Waals surface area contributed by atoms with E-state index in [-0.39, 0.29) is 5.91 Å². The Bertz CT molecular complexity index is 863. The average Bonchev–Trinajstić information content (AvgIpc) is 3.07. The fourth-order valence-corrected chi connectivity index (χ4v) is 2.95. The van der Waals surface area contributed by atoms with E-state index in [1.807, 2.05) is 55.5 Å². The number of nitrogens with zero attached hydrogens (tertiary/aromatic N) is 4. The van der Waals surface area contributed by atoms with Crippen LogP contribution in [0, 0.1) is 6.92 Å². The van der Waals surface area contributed by atoms with Gasteiger partial charge in [0.05, 0.1) is 12.2 Å². The summed E-state index contributed by atoms with van der Waals surface area (Å²) in [6.07, 6.45) is 1.03. The second-order valence-corrected chi connectivity index (χ2v) is 6.56. The molecule has 0 saturated carbocycles. The molecule has 1 heterocycles. The van der Waals surface area contributed by atoms with Crippen molar-refractivity contribution in [3.63, 3.8) is 0 Å². The molecule has 1 N–H and O–H groups in total. The molecule has 128 valence electrons. The summed E-state index contributed by atoms with van der Waals surface area (Å²) in [5, 5.41) is 15.3. The number of halogens is 1. The SMILES string of the molecule is Cc1ccc(NC(=O)CCCn2nnc(-c3ccccc3)n2)c(Br)c1. The number of amides is 1. The van der Waals surface area contributed by atoms with Crippen LogP contribution < -0.4 is 5.32 Å². The Morgan fingerprint density at radius 2 is 2.00 bits per heavy atom. The third-order valence-electron chi connectivity index (χ3n) is 3.65. The Hall–Kier alpha value is -2.54. The predicted molar refractivity (Wildman–Crippen MR) is 100.0 cm³/mol. The number of aryl methyl sites for hydroxylation is 2. The number of hydrogen-bond acceptors (Lipinski definition) is 4. The first kappa shape index (κ1) is 17.3. The summed E-state index contributed by atoms with van der Waals surface area (Å²) < 4.78 is 0.881. The van der Waals surface area contributed by atoms with Gasteiger partial charge in [-0.05, 0) is 52.2 Å². The van der Waals surface area contributed by atoms with E-state index in [9.17, 15) is 4.79 Å². The van der Waals surface area contributed by atoms with Gasteiger partial charge in [0.15, 0.2) is 0 Å². The van der Waals surface area contributed by atoms with E-state index >= 15 is 0 Å². The second-order valence-electron chi connectivity index (χ2n) is 5.71. The van der Waals surface area contributed by atoms with Gasteiger partial charge in [0.1, 0.15) is 0 Å².